The number of carboxylic acid groups (broad SMARTS) is 1. The van der Waals surface area contributed by atoms with Crippen LogP contribution < -0.4 is 0 Å². The van der Waals surface area contributed by atoms with Crippen molar-refractivity contribution in [2.75, 3.05) is 13.1 Å². The zero-order valence-electron chi connectivity index (χ0n) is 15.4. The highest BCUT2D eigenvalue weighted by molar-refractivity contribution is 5.98. The van der Waals surface area contributed by atoms with Crippen LogP contribution in [0.3, 0.4) is 0 Å². The van der Waals surface area contributed by atoms with Crippen LogP contribution >= 0.6 is 0 Å². The summed E-state index contributed by atoms with van der Waals surface area (Å²) in [6.45, 7) is 0.933. The Labute approximate surface area is 162 Å². The van der Waals surface area contributed by atoms with Gasteiger partial charge in [0.05, 0.1) is 5.56 Å². The fourth-order valence-electron chi connectivity index (χ4n) is 3.61. The lowest BCUT2D eigenvalue weighted by molar-refractivity contribution is -0.132. The number of hydrogen-bond donors (Lipinski definition) is 1. The van der Waals surface area contributed by atoms with Gasteiger partial charge in [-0.15, -0.1) is 0 Å². The number of piperidine rings is 1. The summed E-state index contributed by atoms with van der Waals surface area (Å²) < 4.78 is 13.1. The van der Waals surface area contributed by atoms with Crippen LogP contribution in [0.1, 0.15) is 45.5 Å². The minimum atomic E-state index is -1.01. The summed E-state index contributed by atoms with van der Waals surface area (Å²) in [6, 6.07) is 12.1. The molecule has 28 heavy (non-hydrogen) atoms. The van der Waals surface area contributed by atoms with E-state index in [9.17, 15) is 23.9 Å². The Bertz CT molecular complexity index is 878. The first kappa shape index (κ1) is 19.7. The number of likely N-dealkylation sites (tertiary alicyclic amines) is 1. The molecule has 1 fully saturated rings. The highest BCUT2D eigenvalue weighted by Gasteiger charge is 2.29. The average Bonchev–Trinajstić information content (AvgIpc) is 2.72. The molecule has 146 valence electrons. The maximum absolute atomic E-state index is 13.1. The van der Waals surface area contributed by atoms with E-state index in [0.29, 0.717) is 37.1 Å². The first-order chi connectivity index (χ1) is 13.5. The summed E-state index contributed by atoms with van der Waals surface area (Å²) in [7, 11) is 0. The highest BCUT2D eigenvalue weighted by Crippen LogP contribution is 2.22. The van der Waals surface area contributed by atoms with Gasteiger partial charge in [-0.05, 0) is 55.2 Å². The largest absolute Gasteiger partial charge is 0.478 e. The van der Waals surface area contributed by atoms with Gasteiger partial charge in [0.25, 0.3) is 0 Å². The van der Waals surface area contributed by atoms with Gasteiger partial charge in [-0.25, -0.2) is 9.18 Å². The number of Topliss-reactive ketones (excluding diaryl/α,β-unsaturated/α-hetero) is 1. The molecule has 1 heterocycles. The van der Waals surface area contributed by atoms with Crippen LogP contribution in [0.15, 0.2) is 48.5 Å². The molecular formula is C22H22FNO4. The van der Waals surface area contributed by atoms with Gasteiger partial charge in [0.15, 0.2) is 5.78 Å². The Morgan fingerprint density at radius 2 is 1.79 bits per heavy atom. The van der Waals surface area contributed by atoms with E-state index in [1.807, 2.05) is 0 Å². The van der Waals surface area contributed by atoms with Crippen molar-refractivity contribution in [3.8, 4) is 0 Å². The van der Waals surface area contributed by atoms with Crippen LogP contribution in [0.2, 0.25) is 0 Å². The molecule has 0 saturated carbocycles. The summed E-state index contributed by atoms with van der Waals surface area (Å²) in [6.07, 6.45) is 1.97. The van der Waals surface area contributed by atoms with Crippen molar-refractivity contribution in [1.29, 1.82) is 0 Å². The van der Waals surface area contributed by atoms with Gasteiger partial charge in [0.1, 0.15) is 5.82 Å². The molecule has 0 aromatic heterocycles. The lowest BCUT2D eigenvalue weighted by atomic mass is 9.89. The zero-order chi connectivity index (χ0) is 20.1. The standard InChI is InChI=1S/C22H22FNO4/c23-18-10-7-16(8-11-18)21(26)17-5-3-13-24(14-17)20(25)12-9-15-4-1-2-6-19(15)22(27)28/h1-2,4,6-8,10-11,17H,3,5,9,12-14H2,(H,27,28). The zero-order valence-corrected chi connectivity index (χ0v) is 15.4. The SMILES string of the molecule is O=C(O)c1ccccc1CCC(=O)N1CCCC(C(=O)c2ccc(F)cc2)C1. The van der Waals surface area contributed by atoms with Gasteiger partial charge in [0, 0.05) is 31.0 Å². The molecule has 0 radical (unpaired) electrons. The fourth-order valence-corrected chi connectivity index (χ4v) is 3.61. The predicted octanol–water partition coefficient (Wildman–Crippen LogP) is 3.58. The van der Waals surface area contributed by atoms with Crippen molar-refractivity contribution in [2.24, 2.45) is 5.92 Å². The van der Waals surface area contributed by atoms with E-state index in [4.69, 9.17) is 0 Å². The van der Waals surface area contributed by atoms with Crippen molar-refractivity contribution in [3.05, 3.63) is 71.0 Å². The Morgan fingerprint density at radius 1 is 1.07 bits per heavy atom. The van der Waals surface area contributed by atoms with Crippen molar-refractivity contribution < 1.29 is 23.9 Å². The molecule has 0 spiro atoms. The molecule has 0 bridgehead atoms. The predicted molar refractivity (Wildman–Crippen MR) is 102 cm³/mol. The maximum Gasteiger partial charge on any atom is 0.335 e. The molecule has 1 aliphatic rings. The normalized spacial score (nSPS) is 16.6. The van der Waals surface area contributed by atoms with Crippen molar-refractivity contribution in [1.82, 2.24) is 4.90 Å². The van der Waals surface area contributed by atoms with Crippen molar-refractivity contribution >= 4 is 17.7 Å². The van der Waals surface area contributed by atoms with E-state index in [0.717, 1.165) is 6.42 Å². The molecule has 6 heteroatoms. The van der Waals surface area contributed by atoms with Gasteiger partial charge in [0.2, 0.25) is 5.91 Å². The summed E-state index contributed by atoms with van der Waals surface area (Å²) in [5.74, 6) is -1.86. The van der Waals surface area contributed by atoms with Crippen LogP contribution in [0.5, 0.6) is 0 Å². The molecule has 5 nitrogen and oxygen atoms in total. The lowest BCUT2D eigenvalue weighted by Crippen LogP contribution is -2.42. The Morgan fingerprint density at radius 3 is 2.50 bits per heavy atom. The van der Waals surface area contributed by atoms with Crippen molar-refractivity contribution in [2.45, 2.75) is 25.7 Å². The van der Waals surface area contributed by atoms with Crippen LogP contribution in [0, 0.1) is 11.7 Å². The summed E-state index contributed by atoms with van der Waals surface area (Å²) in [4.78, 5) is 38.2. The molecule has 1 amide bonds. The van der Waals surface area contributed by atoms with Gasteiger partial charge in [-0.3, -0.25) is 9.59 Å². The van der Waals surface area contributed by atoms with E-state index >= 15 is 0 Å². The third-order valence-corrected chi connectivity index (χ3v) is 5.13. The number of rotatable bonds is 6. The summed E-state index contributed by atoms with van der Waals surface area (Å²) in [5.41, 5.74) is 1.29. The van der Waals surface area contributed by atoms with Gasteiger partial charge in [-0.1, -0.05) is 18.2 Å². The number of carbonyl (C=O) groups excluding carboxylic acids is 2. The van der Waals surface area contributed by atoms with E-state index in [1.165, 1.54) is 30.3 Å². The Kier molecular flexibility index (Phi) is 6.19. The Hall–Kier alpha value is -3.02. The fraction of sp³-hybridized carbons (Fsp3) is 0.318. The van der Waals surface area contributed by atoms with Gasteiger partial charge >= 0.3 is 5.97 Å². The van der Waals surface area contributed by atoms with Crippen molar-refractivity contribution in [3.63, 3.8) is 0 Å². The molecule has 0 aliphatic carbocycles. The number of carboxylic acids is 1. The van der Waals surface area contributed by atoms with Crippen LogP contribution in [0.25, 0.3) is 0 Å². The number of amides is 1. The minimum Gasteiger partial charge on any atom is -0.478 e. The third kappa shape index (κ3) is 4.63. The monoisotopic (exact) mass is 383 g/mol. The van der Waals surface area contributed by atoms with E-state index in [-0.39, 0.29) is 29.6 Å². The molecular weight excluding hydrogens is 361 g/mol. The second-order valence-corrected chi connectivity index (χ2v) is 7.01. The van der Waals surface area contributed by atoms with E-state index in [1.54, 1.807) is 23.1 Å². The van der Waals surface area contributed by atoms with E-state index in [2.05, 4.69) is 0 Å². The van der Waals surface area contributed by atoms with Crippen LogP contribution in [0.4, 0.5) is 4.39 Å². The minimum absolute atomic E-state index is 0.0753. The number of hydrogen-bond acceptors (Lipinski definition) is 3. The second-order valence-electron chi connectivity index (χ2n) is 7.01. The number of aromatic carboxylic acids is 1. The lowest BCUT2D eigenvalue weighted by Gasteiger charge is -2.32. The molecule has 1 aliphatic heterocycles. The molecule has 2 aromatic carbocycles. The average molecular weight is 383 g/mol. The topological polar surface area (TPSA) is 74.7 Å². The number of ketones is 1. The smallest absolute Gasteiger partial charge is 0.335 e. The van der Waals surface area contributed by atoms with Gasteiger partial charge < -0.3 is 10.0 Å². The molecule has 2 aromatic rings. The third-order valence-electron chi connectivity index (χ3n) is 5.13. The number of aryl methyl sites for hydroxylation is 1. The van der Waals surface area contributed by atoms with Gasteiger partial charge in [-0.2, -0.15) is 0 Å². The van der Waals surface area contributed by atoms with Crippen LogP contribution in [-0.2, 0) is 11.2 Å². The number of benzene rings is 2. The maximum atomic E-state index is 13.1. The first-order valence-electron chi connectivity index (χ1n) is 9.34. The number of carbonyl (C=O) groups is 3. The first-order valence-corrected chi connectivity index (χ1v) is 9.34. The molecule has 1 unspecified atom stereocenters. The second kappa shape index (κ2) is 8.78. The van der Waals surface area contributed by atoms with E-state index < -0.39 is 11.8 Å². The number of nitrogens with zero attached hydrogens (tertiary/aromatic N) is 1. The Balaban J connectivity index is 1.61. The molecule has 1 N–H and O–H groups in total. The van der Waals surface area contributed by atoms with Crippen LogP contribution in [-0.4, -0.2) is 40.8 Å². The number of halogens is 1. The summed E-state index contributed by atoms with van der Waals surface area (Å²) in [5, 5.41) is 9.24. The molecule has 1 saturated heterocycles. The highest BCUT2D eigenvalue weighted by atomic mass is 19.1. The summed E-state index contributed by atoms with van der Waals surface area (Å²) >= 11 is 0. The quantitative estimate of drug-likeness (QED) is 0.774. The molecule has 3 rings (SSSR count). The molecule has 1 atom stereocenters.